The molecule has 0 bridgehead atoms. The fourth-order valence-electron chi connectivity index (χ4n) is 2.87. The Balaban J connectivity index is 1.35. The lowest BCUT2D eigenvalue weighted by Crippen LogP contribution is -2.16. The van der Waals surface area contributed by atoms with Gasteiger partial charge in [0.1, 0.15) is 6.23 Å². The van der Waals surface area contributed by atoms with Gasteiger partial charge in [0.2, 0.25) is 0 Å². The fourth-order valence-corrected chi connectivity index (χ4v) is 5.12. The molecular formula is C19H20ClN3OS2. The first-order valence-corrected chi connectivity index (χ1v) is 10.6. The number of halogens is 1. The molecule has 2 atom stereocenters. The molecule has 1 aliphatic rings. The first kappa shape index (κ1) is 18.1. The number of thioether (sulfide) groups is 1. The molecule has 0 amide bonds. The Bertz CT molecular complexity index is 897. The second-order valence-corrected chi connectivity index (χ2v) is 9.17. The molecule has 1 fully saturated rings. The predicted octanol–water partition coefficient (Wildman–Crippen LogP) is 4.80. The average Bonchev–Trinajstić information content (AvgIpc) is 3.26. The number of hydrogen-bond acceptors (Lipinski definition) is 6. The largest absolute Gasteiger partial charge is 0.378 e. The monoisotopic (exact) mass is 405 g/mol. The summed E-state index contributed by atoms with van der Waals surface area (Å²) in [5.41, 5.74) is 3.32. The second kappa shape index (κ2) is 7.74. The SMILES string of the molecule is CN(C)c1ccc([C@H]2NC[C@H](CSc3nc4cc(Cl)ccc4s3)O2)cc1. The molecule has 4 nitrogen and oxygen atoms in total. The van der Waals surface area contributed by atoms with Crippen molar-refractivity contribution in [2.75, 3.05) is 31.3 Å². The standard InChI is InChI=1S/C19H20ClN3OS2/c1-23(2)14-6-3-12(4-7-14)18-21-10-15(24-18)11-25-19-22-16-9-13(20)5-8-17(16)26-19/h3-9,15,18,21H,10-11H2,1-2H3/t15-,18+/m1/s1. The Labute approximate surface area is 166 Å². The third kappa shape index (κ3) is 4.00. The number of anilines is 1. The van der Waals surface area contributed by atoms with Gasteiger partial charge >= 0.3 is 0 Å². The lowest BCUT2D eigenvalue weighted by Gasteiger charge is -2.16. The predicted molar refractivity (Wildman–Crippen MR) is 112 cm³/mol. The zero-order valence-electron chi connectivity index (χ0n) is 14.6. The van der Waals surface area contributed by atoms with E-state index in [4.69, 9.17) is 16.3 Å². The molecule has 1 aliphatic heterocycles. The molecule has 0 spiro atoms. The van der Waals surface area contributed by atoms with Crippen LogP contribution in [0.4, 0.5) is 5.69 Å². The number of ether oxygens (including phenoxy) is 1. The van der Waals surface area contributed by atoms with Crippen molar-refractivity contribution in [1.29, 1.82) is 0 Å². The van der Waals surface area contributed by atoms with E-state index >= 15 is 0 Å². The van der Waals surface area contributed by atoms with Crippen molar-refractivity contribution < 1.29 is 4.74 Å². The maximum absolute atomic E-state index is 6.17. The van der Waals surface area contributed by atoms with E-state index in [1.807, 2.05) is 32.3 Å². The smallest absolute Gasteiger partial charge is 0.151 e. The summed E-state index contributed by atoms with van der Waals surface area (Å²) >= 11 is 9.49. The van der Waals surface area contributed by atoms with E-state index in [0.717, 1.165) is 32.7 Å². The molecule has 7 heteroatoms. The summed E-state index contributed by atoms with van der Waals surface area (Å²) < 4.78 is 8.40. The summed E-state index contributed by atoms with van der Waals surface area (Å²) in [7, 11) is 4.09. The number of nitrogens with zero attached hydrogens (tertiary/aromatic N) is 2. The maximum atomic E-state index is 6.17. The van der Waals surface area contributed by atoms with Crippen LogP contribution in [-0.2, 0) is 4.74 Å². The second-order valence-electron chi connectivity index (χ2n) is 6.44. The Kier molecular flexibility index (Phi) is 5.38. The maximum Gasteiger partial charge on any atom is 0.151 e. The van der Waals surface area contributed by atoms with Crippen LogP contribution in [0.25, 0.3) is 10.2 Å². The van der Waals surface area contributed by atoms with Gasteiger partial charge in [-0.1, -0.05) is 35.5 Å². The van der Waals surface area contributed by atoms with E-state index < -0.39 is 0 Å². The van der Waals surface area contributed by atoms with Gasteiger partial charge in [0.25, 0.3) is 0 Å². The zero-order chi connectivity index (χ0) is 18.1. The molecule has 2 aromatic carbocycles. The van der Waals surface area contributed by atoms with Crippen molar-refractivity contribution in [3.05, 3.63) is 53.1 Å². The number of rotatable bonds is 5. The average molecular weight is 406 g/mol. The molecule has 1 N–H and O–H groups in total. The number of hydrogen-bond donors (Lipinski definition) is 1. The number of fused-ring (bicyclic) bond motifs is 1. The van der Waals surface area contributed by atoms with Crippen LogP contribution in [-0.4, -0.2) is 37.5 Å². The minimum Gasteiger partial charge on any atom is -0.378 e. The van der Waals surface area contributed by atoms with Gasteiger partial charge in [-0.05, 0) is 35.9 Å². The van der Waals surface area contributed by atoms with Crippen LogP contribution >= 0.6 is 34.7 Å². The van der Waals surface area contributed by atoms with Crippen LogP contribution in [0.1, 0.15) is 11.8 Å². The highest BCUT2D eigenvalue weighted by Crippen LogP contribution is 2.33. The van der Waals surface area contributed by atoms with Crippen molar-refractivity contribution in [2.45, 2.75) is 16.7 Å². The van der Waals surface area contributed by atoms with Gasteiger partial charge in [-0.25, -0.2) is 4.98 Å². The van der Waals surface area contributed by atoms with Gasteiger partial charge in [-0.2, -0.15) is 0 Å². The molecule has 26 heavy (non-hydrogen) atoms. The number of nitrogens with one attached hydrogen (secondary N) is 1. The Morgan fingerprint density at radius 2 is 2.08 bits per heavy atom. The van der Waals surface area contributed by atoms with Gasteiger partial charge in [0.15, 0.2) is 4.34 Å². The zero-order valence-corrected chi connectivity index (χ0v) is 17.0. The molecule has 4 rings (SSSR count). The van der Waals surface area contributed by atoms with Crippen molar-refractivity contribution in [3.63, 3.8) is 0 Å². The molecule has 2 heterocycles. The number of benzene rings is 2. The van der Waals surface area contributed by atoms with E-state index in [9.17, 15) is 0 Å². The van der Waals surface area contributed by atoms with E-state index in [1.54, 1.807) is 23.1 Å². The summed E-state index contributed by atoms with van der Waals surface area (Å²) in [6, 6.07) is 14.3. The van der Waals surface area contributed by atoms with Crippen LogP contribution < -0.4 is 10.2 Å². The fraction of sp³-hybridized carbons (Fsp3) is 0.316. The van der Waals surface area contributed by atoms with Crippen LogP contribution in [0.5, 0.6) is 0 Å². The Morgan fingerprint density at radius 3 is 2.85 bits per heavy atom. The van der Waals surface area contributed by atoms with Gasteiger partial charge in [-0.3, -0.25) is 5.32 Å². The third-order valence-electron chi connectivity index (χ3n) is 4.29. The van der Waals surface area contributed by atoms with Crippen LogP contribution in [0.3, 0.4) is 0 Å². The quantitative estimate of drug-likeness (QED) is 0.617. The normalized spacial score (nSPS) is 20.0. The topological polar surface area (TPSA) is 37.4 Å². The van der Waals surface area contributed by atoms with E-state index in [2.05, 4.69) is 39.5 Å². The van der Waals surface area contributed by atoms with Crippen LogP contribution in [0, 0.1) is 0 Å². The molecule has 0 radical (unpaired) electrons. The van der Waals surface area contributed by atoms with Crippen molar-refractivity contribution in [2.24, 2.45) is 0 Å². The van der Waals surface area contributed by atoms with Crippen molar-refractivity contribution in [1.82, 2.24) is 10.3 Å². The van der Waals surface area contributed by atoms with E-state index in [1.165, 1.54) is 10.4 Å². The molecule has 0 saturated carbocycles. The lowest BCUT2D eigenvalue weighted by atomic mass is 10.2. The minimum absolute atomic E-state index is 0.0361. The van der Waals surface area contributed by atoms with Gasteiger partial charge in [0, 0.05) is 37.1 Å². The van der Waals surface area contributed by atoms with E-state index in [0.29, 0.717) is 0 Å². The summed E-state index contributed by atoms with van der Waals surface area (Å²) in [4.78, 5) is 6.75. The van der Waals surface area contributed by atoms with Gasteiger partial charge in [0.05, 0.1) is 16.3 Å². The van der Waals surface area contributed by atoms with Gasteiger partial charge < -0.3 is 9.64 Å². The van der Waals surface area contributed by atoms with Crippen molar-refractivity contribution >= 4 is 50.6 Å². The van der Waals surface area contributed by atoms with Crippen molar-refractivity contribution in [3.8, 4) is 0 Å². The summed E-state index contributed by atoms with van der Waals surface area (Å²) in [5, 5.41) is 4.19. The molecule has 136 valence electrons. The molecular weight excluding hydrogens is 386 g/mol. The minimum atomic E-state index is -0.0361. The highest BCUT2D eigenvalue weighted by molar-refractivity contribution is 8.01. The highest BCUT2D eigenvalue weighted by Gasteiger charge is 2.26. The molecule has 0 aliphatic carbocycles. The molecule has 0 unspecified atom stereocenters. The highest BCUT2D eigenvalue weighted by atomic mass is 35.5. The summed E-state index contributed by atoms with van der Waals surface area (Å²) in [6.07, 6.45) is 0.139. The van der Waals surface area contributed by atoms with Crippen LogP contribution in [0.15, 0.2) is 46.8 Å². The molecule has 1 aromatic heterocycles. The summed E-state index contributed by atoms with van der Waals surface area (Å²) in [5.74, 6) is 0.882. The van der Waals surface area contributed by atoms with Gasteiger partial charge in [-0.15, -0.1) is 11.3 Å². The van der Waals surface area contributed by atoms with Crippen LogP contribution in [0.2, 0.25) is 5.02 Å². The summed E-state index contributed by atoms with van der Waals surface area (Å²) in [6.45, 7) is 0.851. The lowest BCUT2D eigenvalue weighted by molar-refractivity contribution is 0.0535. The Morgan fingerprint density at radius 1 is 1.27 bits per heavy atom. The third-order valence-corrected chi connectivity index (χ3v) is 6.84. The Hall–Kier alpha value is -1.31. The first-order chi connectivity index (χ1) is 12.6. The molecule has 3 aromatic rings. The first-order valence-electron chi connectivity index (χ1n) is 8.43. The number of aromatic nitrogens is 1. The molecule has 1 saturated heterocycles. The van der Waals surface area contributed by atoms with E-state index in [-0.39, 0.29) is 12.3 Å². The number of thiazole rings is 1.